The lowest BCUT2D eigenvalue weighted by atomic mass is 10.1. The molecular formula is C12H17N3O. The minimum absolute atomic E-state index is 0.199. The number of furan rings is 1. The third-order valence-electron chi connectivity index (χ3n) is 2.69. The van der Waals surface area contributed by atoms with Crippen LogP contribution in [0.3, 0.4) is 0 Å². The molecule has 0 saturated heterocycles. The van der Waals surface area contributed by atoms with Crippen LogP contribution >= 0.6 is 0 Å². The molecule has 86 valence electrons. The first-order valence-electron chi connectivity index (χ1n) is 5.45. The van der Waals surface area contributed by atoms with Crippen LogP contribution in [0.25, 0.3) is 0 Å². The third-order valence-corrected chi connectivity index (χ3v) is 2.69. The average molecular weight is 219 g/mol. The molecule has 0 aliphatic rings. The number of aromatic nitrogens is 2. The molecule has 0 saturated carbocycles. The van der Waals surface area contributed by atoms with Crippen molar-refractivity contribution in [1.82, 2.24) is 15.1 Å². The second-order valence-corrected chi connectivity index (χ2v) is 4.07. The van der Waals surface area contributed by atoms with E-state index in [0.29, 0.717) is 0 Å². The first-order valence-corrected chi connectivity index (χ1v) is 5.45. The second kappa shape index (κ2) is 4.53. The van der Waals surface area contributed by atoms with Crippen LogP contribution in [-0.4, -0.2) is 9.78 Å². The largest absolute Gasteiger partial charge is 0.468 e. The first-order chi connectivity index (χ1) is 7.66. The standard InChI is InChI=1S/C12H17N3O/c1-9(11-7-13-15(3)8-11)14-10(2)12-5-4-6-16-12/h4-10,14H,1-3H3/t9?,10-/m1/s1. The van der Waals surface area contributed by atoms with Gasteiger partial charge < -0.3 is 9.73 Å². The van der Waals surface area contributed by atoms with Gasteiger partial charge in [-0.3, -0.25) is 4.68 Å². The Bertz CT molecular complexity index is 433. The molecule has 1 unspecified atom stereocenters. The van der Waals surface area contributed by atoms with Crippen LogP contribution in [0.2, 0.25) is 0 Å². The maximum Gasteiger partial charge on any atom is 0.120 e. The molecular weight excluding hydrogens is 202 g/mol. The molecule has 0 aliphatic carbocycles. The summed E-state index contributed by atoms with van der Waals surface area (Å²) in [6.07, 6.45) is 5.60. The highest BCUT2D eigenvalue weighted by Crippen LogP contribution is 2.18. The summed E-state index contributed by atoms with van der Waals surface area (Å²) in [6.45, 7) is 4.21. The van der Waals surface area contributed by atoms with Crippen molar-refractivity contribution in [3.63, 3.8) is 0 Å². The average Bonchev–Trinajstić information content (AvgIpc) is 2.87. The molecule has 0 radical (unpaired) electrons. The van der Waals surface area contributed by atoms with Crippen LogP contribution in [0.5, 0.6) is 0 Å². The number of rotatable bonds is 4. The second-order valence-electron chi connectivity index (χ2n) is 4.07. The van der Waals surface area contributed by atoms with E-state index in [9.17, 15) is 0 Å². The fraction of sp³-hybridized carbons (Fsp3) is 0.417. The van der Waals surface area contributed by atoms with Crippen LogP contribution < -0.4 is 5.32 Å². The zero-order valence-corrected chi connectivity index (χ0v) is 9.84. The maximum atomic E-state index is 5.35. The van der Waals surface area contributed by atoms with E-state index >= 15 is 0 Å². The third kappa shape index (κ3) is 2.33. The topological polar surface area (TPSA) is 43.0 Å². The molecule has 0 fully saturated rings. The van der Waals surface area contributed by atoms with Gasteiger partial charge in [-0.1, -0.05) is 0 Å². The van der Waals surface area contributed by atoms with Gasteiger partial charge in [0, 0.05) is 24.8 Å². The molecule has 2 heterocycles. The SMILES string of the molecule is CC(N[C@H](C)c1ccco1)c1cnn(C)c1. The highest BCUT2D eigenvalue weighted by molar-refractivity contribution is 5.11. The van der Waals surface area contributed by atoms with Gasteiger partial charge in [-0.25, -0.2) is 0 Å². The molecule has 2 aromatic rings. The quantitative estimate of drug-likeness (QED) is 0.858. The Balaban J connectivity index is 2.00. The van der Waals surface area contributed by atoms with Crippen LogP contribution in [0.1, 0.15) is 37.3 Å². The minimum atomic E-state index is 0.199. The monoisotopic (exact) mass is 219 g/mol. The molecule has 0 bridgehead atoms. The van der Waals surface area contributed by atoms with Gasteiger partial charge >= 0.3 is 0 Å². The molecule has 16 heavy (non-hydrogen) atoms. The van der Waals surface area contributed by atoms with Gasteiger partial charge in [0.05, 0.1) is 18.5 Å². The molecule has 2 atom stereocenters. The summed E-state index contributed by atoms with van der Waals surface area (Å²) in [7, 11) is 1.92. The zero-order valence-electron chi connectivity index (χ0n) is 9.84. The summed E-state index contributed by atoms with van der Waals surface area (Å²) in [5, 5.41) is 7.63. The number of nitrogens with one attached hydrogen (secondary N) is 1. The normalized spacial score (nSPS) is 14.9. The summed E-state index contributed by atoms with van der Waals surface area (Å²) in [5.74, 6) is 0.954. The van der Waals surface area contributed by atoms with Gasteiger partial charge in [-0.15, -0.1) is 0 Å². The van der Waals surface area contributed by atoms with Crippen molar-refractivity contribution < 1.29 is 4.42 Å². The van der Waals surface area contributed by atoms with Crippen molar-refractivity contribution in [1.29, 1.82) is 0 Å². The number of hydrogen-bond acceptors (Lipinski definition) is 3. The summed E-state index contributed by atoms with van der Waals surface area (Å²) in [6, 6.07) is 4.34. The van der Waals surface area contributed by atoms with Crippen LogP contribution in [-0.2, 0) is 7.05 Å². The first kappa shape index (κ1) is 11.0. The number of nitrogens with zero attached hydrogens (tertiary/aromatic N) is 2. The molecule has 0 amide bonds. The molecule has 4 nitrogen and oxygen atoms in total. The van der Waals surface area contributed by atoms with Gasteiger partial charge in [0.15, 0.2) is 0 Å². The lowest BCUT2D eigenvalue weighted by molar-refractivity contribution is 0.403. The minimum Gasteiger partial charge on any atom is -0.468 e. The highest BCUT2D eigenvalue weighted by Gasteiger charge is 2.13. The smallest absolute Gasteiger partial charge is 0.120 e. The predicted molar refractivity (Wildman–Crippen MR) is 61.9 cm³/mol. The molecule has 1 N–H and O–H groups in total. The van der Waals surface area contributed by atoms with Crippen molar-refractivity contribution in [2.75, 3.05) is 0 Å². The molecule has 2 aromatic heterocycles. The summed E-state index contributed by atoms with van der Waals surface area (Å²) in [4.78, 5) is 0. The van der Waals surface area contributed by atoms with Crippen molar-refractivity contribution in [3.8, 4) is 0 Å². The van der Waals surface area contributed by atoms with E-state index in [1.165, 1.54) is 5.56 Å². The van der Waals surface area contributed by atoms with Gasteiger partial charge in [0.2, 0.25) is 0 Å². The van der Waals surface area contributed by atoms with Crippen molar-refractivity contribution in [3.05, 3.63) is 42.1 Å². The predicted octanol–water partition coefficient (Wildman–Crippen LogP) is 2.42. The van der Waals surface area contributed by atoms with Crippen molar-refractivity contribution in [2.45, 2.75) is 25.9 Å². The van der Waals surface area contributed by atoms with Gasteiger partial charge in [-0.2, -0.15) is 5.10 Å². The Morgan fingerprint density at radius 2 is 2.19 bits per heavy atom. The van der Waals surface area contributed by atoms with Crippen LogP contribution in [0, 0.1) is 0 Å². The van der Waals surface area contributed by atoms with Crippen molar-refractivity contribution in [2.24, 2.45) is 7.05 Å². The van der Waals surface area contributed by atoms with Crippen molar-refractivity contribution >= 4 is 0 Å². The zero-order chi connectivity index (χ0) is 11.5. The maximum absolute atomic E-state index is 5.35. The molecule has 2 rings (SSSR count). The number of aryl methyl sites for hydroxylation is 1. The van der Waals surface area contributed by atoms with E-state index in [4.69, 9.17) is 4.42 Å². The van der Waals surface area contributed by atoms with E-state index < -0.39 is 0 Å². The van der Waals surface area contributed by atoms with Gasteiger partial charge in [0.1, 0.15) is 5.76 Å². The lowest BCUT2D eigenvalue weighted by Crippen LogP contribution is -2.21. The van der Waals surface area contributed by atoms with Crippen LogP contribution in [0.4, 0.5) is 0 Å². The summed E-state index contributed by atoms with van der Waals surface area (Å²) in [5.41, 5.74) is 1.18. The van der Waals surface area contributed by atoms with Crippen LogP contribution in [0.15, 0.2) is 35.2 Å². The molecule has 4 heteroatoms. The Labute approximate surface area is 95.3 Å². The van der Waals surface area contributed by atoms with E-state index in [-0.39, 0.29) is 12.1 Å². The lowest BCUT2D eigenvalue weighted by Gasteiger charge is -2.17. The van der Waals surface area contributed by atoms with E-state index in [1.54, 1.807) is 6.26 Å². The fourth-order valence-corrected chi connectivity index (χ4v) is 1.75. The number of hydrogen-bond donors (Lipinski definition) is 1. The highest BCUT2D eigenvalue weighted by atomic mass is 16.3. The molecule has 0 aromatic carbocycles. The Kier molecular flexibility index (Phi) is 3.10. The summed E-state index contributed by atoms with van der Waals surface area (Å²) >= 11 is 0. The Morgan fingerprint density at radius 3 is 2.75 bits per heavy atom. The van der Waals surface area contributed by atoms with Gasteiger partial charge in [0.25, 0.3) is 0 Å². The molecule has 0 aliphatic heterocycles. The van der Waals surface area contributed by atoms with E-state index in [1.807, 2.05) is 36.3 Å². The Morgan fingerprint density at radius 1 is 1.38 bits per heavy atom. The van der Waals surface area contributed by atoms with E-state index in [2.05, 4.69) is 24.3 Å². The Hall–Kier alpha value is -1.55. The summed E-state index contributed by atoms with van der Waals surface area (Å²) < 4.78 is 7.16. The van der Waals surface area contributed by atoms with E-state index in [0.717, 1.165) is 5.76 Å². The van der Waals surface area contributed by atoms with Gasteiger partial charge in [-0.05, 0) is 26.0 Å². The fourth-order valence-electron chi connectivity index (χ4n) is 1.75. The molecule has 0 spiro atoms.